The molecule has 2 N–H and O–H groups in total. The van der Waals surface area contributed by atoms with Crippen LogP contribution in [0.25, 0.3) is 0 Å². The average molecular weight is 578 g/mol. The highest BCUT2D eigenvalue weighted by Gasteiger charge is 2.72. The fourth-order valence-electron chi connectivity index (χ4n) is 10.8. The summed E-state index contributed by atoms with van der Waals surface area (Å²) in [5.41, 5.74) is 3.98. The SMILES string of the molecule is CC(=O)NC[C@@H]1C=C2[C@@](C)(CC[C@@]3(C)[C@]4(C)C[C@](C)(C(=O)O)CC[C@]4(C)CC[C@]23C)c2cc3c(c(C)c21)OC(C)(C)O3. The van der Waals surface area contributed by atoms with Crippen LogP contribution in [0, 0.1) is 34.0 Å². The number of fused-ring (bicyclic) bond motifs is 8. The fourth-order valence-corrected chi connectivity index (χ4v) is 10.8. The number of nitrogens with one attached hydrogen (secondary N) is 1. The Morgan fingerprint density at radius 2 is 1.60 bits per heavy atom. The molecule has 0 bridgehead atoms. The maximum Gasteiger partial charge on any atom is 0.309 e. The number of carbonyl (C=O) groups is 2. The quantitative estimate of drug-likeness (QED) is 0.358. The summed E-state index contributed by atoms with van der Waals surface area (Å²) in [6, 6.07) is 2.24. The van der Waals surface area contributed by atoms with Gasteiger partial charge in [-0.05, 0) is 103 Å². The molecule has 6 nitrogen and oxygen atoms in total. The second-order valence-corrected chi connectivity index (χ2v) is 16.4. The molecular formula is C36H51NO5. The van der Waals surface area contributed by atoms with Crippen molar-refractivity contribution in [2.45, 2.75) is 131 Å². The predicted molar refractivity (Wildman–Crippen MR) is 164 cm³/mol. The van der Waals surface area contributed by atoms with Crippen LogP contribution >= 0.6 is 0 Å². The molecule has 1 aromatic rings. The van der Waals surface area contributed by atoms with E-state index in [1.807, 2.05) is 20.8 Å². The molecule has 6 heteroatoms. The highest BCUT2D eigenvalue weighted by Crippen LogP contribution is 2.79. The number of hydrogen-bond donors (Lipinski definition) is 2. The Labute approximate surface area is 252 Å². The van der Waals surface area contributed by atoms with E-state index in [4.69, 9.17) is 9.47 Å². The highest BCUT2D eigenvalue weighted by atomic mass is 16.7. The normalized spacial score (nSPS) is 42.8. The van der Waals surface area contributed by atoms with E-state index in [0.29, 0.717) is 13.0 Å². The smallest absolute Gasteiger partial charge is 0.309 e. The van der Waals surface area contributed by atoms with Crippen LogP contribution in [-0.4, -0.2) is 29.3 Å². The second-order valence-electron chi connectivity index (χ2n) is 16.4. The number of carbonyl (C=O) groups excluding carboxylic acids is 1. The molecule has 7 atom stereocenters. The van der Waals surface area contributed by atoms with Crippen molar-refractivity contribution >= 4 is 11.9 Å². The van der Waals surface area contributed by atoms with E-state index in [-0.39, 0.29) is 38.9 Å². The number of aliphatic carboxylic acids is 1. The summed E-state index contributed by atoms with van der Waals surface area (Å²) in [6.45, 7) is 22.4. The highest BCUT2D eigenvalue weighted by molar-refractivity contribution is 5.75. The molecule has 0 saturated heterocycles. The molecular weight excluding hydrogens is 526 g/mol. The number of hydrogen-bond acceptors (Lipinski definition) is 4. The zero-order valence-electron chi connectivity index (χ0n) is 27.5. The Hall–Kier alpha value is -2.50. The van der Waals surface area contributed by atoms with Gasteiger partial charge in [-0.3, -0.25) is 9.59 Å². The van der Waals surface area contributed by atoms with Crippen molar-refractivity contribution in [2.75, 3.05) is 6.54 Å². The first kappa shape index (κ1) is 29.6. The first-order valence-electron chi connectivity index (χ1n) is 16.0. The van der Waals surface area contributed by atoms with E-state index in [1.54, 1.807) is 6.92 Å². The topological polar surface area (TPSA) is 84.9 Å². The number of allylic oxidation sites excluding steroid dienone is 1. The Balaban J connectivity index is 1.54. The van der Waals surface area contributed by atoms with Gasteiger partial charge in [-0.25, -0.2) is 0 Å². The Kier molecular flexibility index (Phi) is 6.03. The van der Waals surface area contributed by atoms with Gasteiger partial charge in [0.05, 0.1) is 5.41 Å². The molecule has 4 aliphatic carbocycles. The molecule has 6 rings (SSSR count). The molecule has 0 unspecified atom stereocenters. The summed E-state index contributed by atoms with van der Waals surface area (Å²) in [4.78, 5) is 24.8. The van der Waals surface area contributed by atoms with E-state index < -0.39 is 17.2 Å². The molecule has 5 aliphatic rings. The van der Waals surface area contributed by atoms with Gasteiger partial charge in [0.15, 0.2) is 11.5 Å². The van der Waals surface area contributed by atoms with Gasteiger partial charge in [-0.15, -0.1) is 0 Å². The lowest BCUT2D eigenvalue weighted by Crippen LogP contribution is -2.67. The molecule has 1 amide bonds. The molecule has 3 fully saturated rings. The van der Waals surface area contributed by atoms with E-state index >= 15 is 0 Å². The third kappa shape index (κ3) is 3.56. The number of amides is 1. The average Bonchev–Trinajstić information content (AvgIpc) is 3.21. The van der Waals surface area contributed by atoms with Crippen molar-refractivity contribution in [3.05, 3.63) is 34.4 Å². The molecule has 0 spiro atoms. The summed E-state index contributed by atoms with van der Waals surface area (Å²) < 4.78 is 12.6. The third-order valence-corrected chi connectivity index (χ3v) is 13.9. The number of ether oxygens (including phenoxy) is 2. The lowest BCUT2D eigenvalue weighted by molar-refractivity contribution is -0.225. The van der Waals surface area contributed by atoms with Crippen LogP contribution in [0.4, 0.5) is 0 Å². The summed E-state index contributed by atoms with van der Waals surface area (Å²) >= 11 is 0. The van der Waals surface area contributed by atoms with Crippen molar-refractivity contribution in [2.24, 2.45) is 27.1 Å². The summed E-state index contributed by atoms with van der Waals surface area (Å²) in [5.74, 6) is 0.230. The van der Waals surface area contributed by atoms with Gasteiger partial charge in [0.25, 0.3) is 0 Å². The minimum atomic E-state index is -0.724. The third-order valence-electron chi connectivity index (χ3n) is 13.9. The maximum absolute atomic E-state index is 12.6. The minimum absolute atomic E-state index is 0.0144. The lowest BCUT2D eigenvalue weighted by atomic mass is 9.29. The van der Waals surface area contributed by atoms with Gasteiger partial charge in [0.1, 0.15) is 0 Å². The van der Waals surface area contributed by atoms with Gasteiger partial charge >= 0.3 is 5.97 Å². The second kappa shape index (κ2) is 8.57. The Bertz CT molecular complexity index is 1430. The van der Waals surface area contributed by atoms with E-state index in [0.717, 1.165) is 55.6 Å². The molecule has 230 valence electrons. The van der Waals surface area contributed by atoms with E-state index in [2.05, 4.69) is 59.0 Å². The monoisotopic (exact) mass is 577 g/mol. The van der Waals surface area contributed by atoms with Gasteiger partial charge in [0.2, 0.25) is 11.7 Å². The number of benzene rings is 1. The van der Waals surface area contributed by atoms with Gasteiger partial charge in [-0.1, -0.05) is 46.3 Å². The molecule has 3 saturated carbocycles. The van der Waals surface area contributed by atoms with Crippen LogP contribution < -0.4 is 14.8 Å². The van der Waals surface area contributed by atoms with Crippen molar-refractivity contribution in [1.29, 1.82) is 0 Å². The van der Waals surface area contributed by atoms with Crippen LogP contribution in [0.5, 0.6) is 11.5 Å². The zero-order chi connectivity index (χ0) is 30.9. The first-order chi connectivity index (χ1) is 19.3. The molecule has 0 aromatic heterocycles. The van der Waals surface area contributed by atoms with E-state index in [1.165, 1.54) is 16.7 Å². The van der Waals surface area contributed by atoms with Gasteiger partial charge in [-0.2, -0.15) is 0 Å². The standard InChI is InChI=1S/C36H51NO5/c1-21-27-23(19-37-22(2)38)17-26-33(7,24(27)18-25-28(21)42-30(3,4)41-25)14-16-35(9)34(26,8)15-13-32(6)12-11-31(5,29(39)40)20-36(32,35)10/h17-18,23H,11-16,19-20H2,1-10H3,(H,37,38)(H,39,40)/t23-,31+,32+,33-,34+,35+,36+/m0/s1. The molecule has 1 aromatic carbocycles. The van der Waals surface area contributed by atoms with Crippen LogP contribution in [-0.2, 0) is 15.0 Å². The summed E-state index contributed by atoms with van der Waals surface area (Å²) in [5, 5.41) is 13.5. The van der Waals surface area contributed by atoms with Crippen molar-refractivity contribution < 1.29 is 24.2 Å². The Morgan fingerprint density at radius 3 is 2.24 bits per heavy atom. The molecule has 1 aliphatic heterocycles. The minimum Gasteiger partial charge on any atom is -0.481 e. The number of carboxylic acids is 1. The van der Waals surface area contributed by atoms with Crippen LogP contribution in [0.15, 0.2) is 17.7 Å². The van der Waals surface area contributed by atoms with Crippen LogP contribution in [0.2, 0.25) is 0 Å². The molecule has 42 heavy (non-hydrogen) atoms. The van der Waals surface area contributed by atoms with Crippen molar-refractivity contribution in [3.63, 3.8) is 0 Å². The molecule has 0 radical (unpaired) electrons. The predicted octanol–water partition coefficient (Wildman–Crippen LogP) is 7.81. The molecule has 1 heterocycles. The maximum atomic E-state index is 12.6. The largest absolute Gasteiger partial charge is 0.481 e. The van der Waals surface area contributed by atoms with Gasteiger partial charge in [0, 0.05) is 38.6 Å². The van der Waals surface area contributed by atoms with Crippen molar-refractivity contribution in [1.82, 2.24) is 5.32 Å². The summed E-state index contributed by atoms with van der Waals surface area (Å²) in [7, 11) is 0. The van der Waals surface area contributed by atoms with Crippen molar-refractivity contribution in [3.8, 4) is 11.5 Å². The zero-order valence-corrected chi connectivity index (χ0v) is 27.5. The Morgan fingerprint density at radius 1 is 0.929 bits per heavy atom. The summed E-state index contributed by atoms with van der Waals surface area (Å²) in [6.07, 6.45) is 9.12. The van der Waals surface area contributed by atoms with E-state index in [9.17, 15) is 14.7 Å². The first-order valence-corrected chi connectivity index (χ1v) is 16.0. The van der Waals surface area contributed by atoms with Crippen LogP contribution in [0.1, 0.15) is 130 Å². The fraction of sp³-hybridized carbons (Fsp3) is 0.722. The number of rotatable bonds is 3. The number of carboxylic acid groups (broad SMARTS) is 1. The van der Waals surface area contributed by atoms with Crippen LogP contribution in [0.3, 0.4) is 0 Å². The van der Waals surface area contributed by atoms with Gasteiger partial charge < -0.3 is 19.9 Å². The lowest BCUT2D eigenvalue weighted by Gasteiger charge is -2.74.